The molecule has 1 N–H and O–H groups in total. The van der Waals surface area contributed by atoms with Gasteiger partial charge in [0.2, 0.25) is 21.8 Å². The van der Waals surface area contributed by atoms with Crippen LogP contribution in [-0.4, -0.2) is 50.5 Å². The van der Waals surface area contributed by atoms with Crippen LogP contribution in [0.2, 0.25) is 15.1 Å². The van der Waals surface area contributed by atoms with Crippen LogP contribution in [0, 0.1) is 0 Å². The molecule has 0 aromatic heterocycles. The van der Waals surface area contributed by atoms with Crippen molar-refractivity contribution >= 4 is 62.3 Å². The van der Waals surface area contributed by atoms with Crippen molar-refractivity contribution in [2.75, 3.05) is 23.7 Å². The van der Waals surface area contributed by atoms with E-state index in [1.807, 2.05) is 0 Å². The van der Waals surface area contributed by atoms with Crippen molar-refractivity contribution in [1.82, 2.24) is 10.2 Å². The molecule has 2 aromatic rings. The summed E-state index contributed by atoms with van der Waals surface area (Å²) in [6.45, 7) is 4.14. The van der Waals surface area contributed by atoms with Gasteiger partial charge in [-0.05, 0) is 56.2 Å². The number of hydrogen-bond acceptors (Lipinski definition) is 4. The van der Waals surface area contributed by atoms with E-state index in [1.54, 1.807) is 44.2 Å². The van der Waals surface area contributed by atoms with Crippen molar-refractivity contribution in [1.29, 1.82) is 0 Å². The monoisotopic (exact) mass is 547 g/mol. The summed E-state index contributed by atoms with van der Waals surface area (Å²) >= 11 is 18.2. The van der Waals surface area contributed by atoms with Gasteiger partial charge >= 0.3 is 0 Å². The van der Waals surface area contributed by atoms with E-state index < -0.39 is 16.1 Å². The van der Waals surface area contributed by atoms with E-state index >= 15 is 0 Å². The molecule has 0 heterocycles. The molecule has 2 aromatic carbocycles. The number of hydrogen-bond donors (Lipinski definition) is 1. The van der Waals surface area contributed by atoms with Gasteiger partial charge in [0.1, 0.15) is 6.04 Å². The van der Waals surface area contributed by atoms with Crippen LogP contribution in [0.15, 0.2) is 42.5 Å². The number of rotatable bonds is 11. The fraction of sp³-hybridized carbons (Fsp3) is 0.391. The summed E-state index contributed by atoms with van der Waals surface area (Å²) in [4.78, 5) is 27.1. The second-order valence-corrected chi connectivity index (χ2v) is 10.9. The zero-order valence-electron chi connectivity index (χ0n) is 19.2. The number of sulfonamides is 1. The van der Waals surface area contributed by atoms with Gasteiger partial charge in [-0.2, -0.15) is 0 Å². The van der Waals surface area contributed by atoms with Crippen molar-refractivity contribution in [2.45, 2.75) is 39.3 Å². The smallest absolute Gasteiger partial charge is 0.242 e. The average Bonchev–Trinajstić information content (AvgIpc) is 2.77. The molecule has 2 rings (SSSR count). The topological polar surface area (TPSA) is 86.8 Å². The number of nitrogens with zero attached hydrogens (tertiary/aromatic N) is 2. The largest absolute Gasteiger partial charge is 0.355 e. The van der Waals surface area contributed by atoms with Crippen molar-refractivity contribution in [3.05, 3.63) is 63.1 Å². The fourth-order valence-corrected chi connectivity index (χ4v) is 4.88. The Morgan fingerprint density at radius 2 is 1.65 bits per heavy atom. The Bertz CT molecular complexity index is 1110. The average molecular weight is 549 g/mol. The Balaban J connectivity index is 2.18. The maximum atomic E-state index is 13.2. The molecule has 0 aliphatic heterocycles. The first-order valence-corrected chi connectivity index (χ1v) is 13.7. The van der Waals surface area contributed by atoms with E-state index in [-0.39, 0.29) is 48.5 Å². The highest BCUT2D eigenvalue weighted by molar-refractivity contribution is 7.92. The number of amides is 2. The van der Waals surface area contributed by atoms with E-state index in [9.17, 15) is 18.0 Å². The zero-order chi connectivity index (χ0) is 25.5. The van der Waals surface area contributed by atoms with Gasteiger partial charge in [-0.25, -0.2) is 8.42 Å². The number of halogens is 3. The summed E-state index contributed by atoms with van der Waals surface area (Å²) in [5.41, 5.74) is 1.06. The van der Waals surface area contributed by atoms with E-state index in [4.69, 9.17) is 34.8 Å². The molecule has 0 aliphatic rings. The third-order valence-corrected chi connectivity index (χ3v) is 7.10. The maximum Gasteiger partial charge on any atom is 0.242 e. The molecule has 0 bridgehead atoms. The zero-order valence-corrected chi connectivity index (χ0v) is 22.3. The number of carbonyl (C=O) groups excluding carboxylic acids is 2. The minimum absolute atomic E-state index is 0.0228. The van der Waals surface area contributed by atoms with Crippen molar-refractivity contribution in [3.63, 3.8) is 0 Å². The van der Waals surface area contributed by atoms with Crippen molar-refractivity contribution < 1.29 is 18.0 Å². The first kappa shape index (κ1) is 28.2. The molecular weight excluding hydrogens is 521 g/mol. The van der Waals surface area contributed by atoms with Crippen LogP contribution >= 0.6 is 34.8 Å². The highest BCUT2D eigenvalue weighted by Crippen LogP contribution is 2.31. The van der Waals surface area contributed by atoms with Crippen molar-refractivity contribution in [2.24, 2.45) is 0 Å². The third-order valence-electron chi connectivity index (χ3n) is 5.11. The lowest BCUT2D eigenvalue weighted by atomic mass is 10.1. The molecule has 0 unspecified atom stereocenters. The molecule has 34 heavy (non-hydrogen) atoms. The van der Waals surface area contributed by atoms with Crippen LogP contribution in [0.25, 0.3) is 0 Å². The second-order valence-electron chi connectivity index (χ2n) is 7.75. The SMILES string of the molecule is CCNC(=O)[C@H](C)N(Cc1ccc(Cl)cc1)C(=O)CCCN(c1cc(Cl)ccc1Cl)S(C)(=O)=O. The molecule has 2 amide bonds. The van der Waals surface area contributed by atoms with Gasteiger partial charge in [0, 0.05) is 36.1 Å². The van der Waals surface area contributed by atoms with Gasteiger partial charge in [-0.1, -0.05) is 46.9 Å². The number of carbonyl (C=O) groups is 2. The number of likely N-dealkylation sites (N-methyl/N-ethyl adjacent to an activating group) is 1. The molecule has 0 radical (unpaired) electrons. The molecular formula is C23H28Cl3N3O4S. The normalized spacial score (nSPS) is 12.2. The fourth-order valence-electron chi connectivity index (χ4n) is 3.35. The lowest BCUT2D eigenvalue weighted by molar-refractivity contribution is -0.140. The Kier molecular flexibility index (Phi) is 10.5. The first-order chi connectivity index (χ1) is 15.9. The predicted molar refractivity (Wildman–Crippen MR) is 138 cm³/mol. The summed E-state index contributed by atoms with van der Waals surface area (Å²) in [5.74, 6) is -0.548. The predicted octanol–water partition coefficient (Wildman–Crippen LogP) is 4.75. The number of anilines is 1. The van der Waals surface area contributed by atoms with Gasteiger partial charge < -0.3 is 10.2 Å². The quantitative estimate of drug-likeness (QED) is 0.439. The first-order valence-electron chi connectivity index (χ1n) is 10.7. The molecule has 0 aliphatic carbocycles. The highest BCUT2D eigenvalue weighted by Gasteiger charge is 2.26. The Labute approximate surface area is 216 Å². The van der Waals surface area contributed by atoms with E-state index in [1.165, 1.54) is 17.0 Å². The molecule has 7 nitrogen and oxygen atoms in total. The van der Waals surface area contributed by atoms with Crippen LogP contribution in [0.3, 0.4) is 0 Å². The van der Waals surface area contributed by atoms with E-state index in [0.29, 0.717) is 16.6 Å². The molecule has 0 fully saturated rings. The lowest BCUT2D eigenvalue weighted by Gasteiger charge is -2.29. The molecule has 1 atom stereocenters. The van der Waals surface area contributed by atoms with Crippen LogP contribution in [-0.2, 0) is 26.2 Å². The van der Waals surface area contributed by atoms with Crippen LogP contribution < -0.4 is 9.62 Å². The Morgan fingerprint density at radius 1 is 1.03 bits per heavy atom. The molecule has 0 saturated carbocycles. The highest BCUT2D eigenvalue weighted by atomic mass is 35.5. The van der Waals surface area contributed by atoms with E-state index in [2.05, 4.69) is 5.32 Å². The van der Waals surface area contributed by atoms with Crippen LogP contribution in [0.5, 0.6) is 0 Å². The van der Waals surface area contributed by atoms with E-state index in [0.717, 1.165) is 16.1 Å². The molecule has 11 heteroatoms. The molecule has 0 saturated heterocycles. The maximum absolute atomic E-state index is 13.2. The minimum atomic E-state index is -3.68. The molecule has 0 spiro atoms. The van der Waals surface area contributed by atoms with Crippen LogP contribution in [0.4, 0.5) is 5.69 Å². The van der Waals surface area contributed by atoms with Gasteiger partial charge in [0.05, 0.1) is 17.0 Å². The lowest BCUT2D eigenvalue weighted by Crippen LogP contribution is -2.47. The Hall–Kier alpha value is -2.00. The minimum Gasteiger partial charge on any atom is -0.355 e. The van der Waals surface area contributed by atoms with Gasteiger partial charge in [-0.3, -0.25) is 13.9 Å². The Morgan fingerprint density at radius 3 is 2.24 bits per heavy atom. The van der Waals surface area contributed by atoms with Crippen molar-refractivity contribution in [3.8, 4) is 0 Å². The molecule has 186 valence electrons. The summed E-state index contributed by atoms with van der Waals surface area (Å²) in [5, 5.41) is 3.88. The third kappa shape index (κ3) is 8.05. The summed E-state index contributed by atoms with van der Waals surface area (Å²) in [7, 11) is -3.68. The second kappa shape index (κ2) is 12.6. The van der Waals surface area contributed by atoms with Gasteiger partial charge in [0.15, 0.2) is 0 Å². The summed E-state index contributed by atoms with van der Waals surface area (Å²) in [6.07, 6.45) is 1.31. The number of benzene rings is 2. The van der Waals surface area contributed by atoms with Gasteiger partial charge in [0.25, 0.3) is 0 Å². The summed E-state index contributed by atoms with van der Waals surface area (Å²) < 4.78 is 25.9. The standard InChI is InChI=1S/C23H28Cl3N3O4S/c1-4-27-23(31)16(2)28(15-17-7-9-18(24)10-8-17)22(30)6-5-13-29(34(3,32)33)21-14-19(25)11-12-20(21)26/h7-12,14,16H,4-6,13,15H2,1-3H3,(H,27,31)/t16-/m0/s1. The van der Waals surface area contributed by atoms with Gasteiger partial charge in [-0.15, -0.1) is 0 Å². The van der Waals surface area contributed by atoms with Crippen LogP contribution in [0.1, 0.15) is 32.3 Å². The summed E-state index contributed by atoms with van der Waals surface area (Å²) in [6, 6.07) is 10.9. The number of nitrogens with one attached hydrogen (secondary N) is 1.